The lowest BCUT2D eigenvalue weighted by Crippen LogP contribution is -2.38. The summed E-state index contributed by atoms with van der Waals surface area (Å²) in [7, 11) is 0. The van der Waals surface area contributed by atoms with E-state index in [-0.39, 0.29) is 11.9 Å². The van der Waals surface area contributed by atoms with Gasteiger partial charge in [-0.25, -0.2) is 0 Å². The van der Waals surface area contributed by atoms with E-state index >= 15 is 0 Å². The van der Waals surface area contributed by atoms with Gasteiger partial charge in [0.15, 0.2) is 17.6 Å². The molecule has 0 aromatic heterocycles. The van der Waals surface area contributed by atoms with Crippen LogP contribution < -0.4 is 19.5 Å². The van der Waals surface area contributed by atoms with Crippen LogP contribution in [-0.2, 0) is 4.79 Å². The highest BCUT2D eigenvalue weighted by atomic mass is 35.5. The Balaban J connectivity index is 1.66. The van der Waals surface area contributed by atoms with Crippen LogP contribution in [-0.4, -0.2) is 25.2 Å². The Morgan fingerprint density at radius 1 is 1.19 bits per heavy atom. The maximum Gasteiger partial charge on any atom is 0.261 e. The molecule has 0 fully saturated rings. The van der Waals surface area contributed by atoms with Gasteiger partial charge in [-0.05, 0) is 49.2 Å². The molecule has 1 aliphatic rings. The summed E-state index contributed by atoms with van der Waals surface area (Å²) in [5, 5.41) is 3.60. The first-order chi connectivity index (χ1) is 12.6. The fraction of sp³-hybridized carbons (Fsp3) is 0.350. The minimum atomic E-state index is -0.639. The van der Waals surface area contributed by atoms with Crippen LogP contribution in [0.2, 0.25) is 5.02 Å². The van der Waals surface area contributed by atoms with Gasteiger partial charge in [0, 0.05) is 5.02 Å². The fourth-order valence-corrected chi connectivity index (χ4v) is 2.97. The van der Waals surface area contributed by atoms with Crippen molar-refractivity contribution in [3.8, 4) is 17.2 Å². The highest BCUT2D eigenvalue weighted by Crippen LogP contribution is 2.33. The number of halogens is 1. The minimum absolute atomic E-state index is 0.135. The van der Waals surface area contributed by atoms with Crippen molar-refractivity contribution in [1.29, 1.82) is 0 Å². The Hall–Kier alpha value is -2.40. The van der Waals surface area contributed by atoms with E-state index in [0.717, 1.165) is 17.7 Å². The molecular weight excluding hydrogens is 354 g/mol. The van der Waals surface area contributed by atoms with Crippen LogP contribution in [0.3, 0.4) is 0 Å². The van der Waals surface area contributed by atoms with Gasteiger partial charge in [0.05, 0.1) is 6.04 Å². The SMILES string of the molecule is CCC(NC(=O)C(C)Oc1cccc(Cl)c1)c1ccc2c(c1)OCCO2. The van der Waals surface area contributed by atoms with E-state index in [1.54, 1.807) is 31.2 Å². The normalized spacial score (nSPS) is 15.0. The Labute approximate surface area is 158 Å². The van der Waals surface area contributed by atoms with Gasteiger partial charge in [-0.1, -0.05) is 30.7 Å². The van der Waals surface area contributed by atoms with Crippen LogP contribution in [0.1, 0.15) is 31.9 Å². The first kappa shape index (κ1) is 18.4. The number of fused-ring (bicyclic) bond motifs is 1. The molecule has 0 saturated heterocycles. The minimum Gasteiger partial charge on any atom is -0.486 e. The van der Waals surface area contributed by atoms with Gasteiger partial charge in [-0.2, -0.15) is 0 Å². The molecule has 6 heteroatoms. The highest BCUT2D eigenvalue weighted by molar-refractivity contribution is 6.30. The summed E-state index contributed by atoms with van der Waals surface area (Å²) < 4.78 is 16.9. The largest absolute Gasteiger partial charge is 0.486 e. The first-order valence-electron chi connectivity index (χ1n) is 8.69. The number of ether oxygens (including phenoxy) is 3. The van der Waals surface area contributed by atoms with Crippen molar-refractivity contribution in [2.75, 3.05) is 13.2 Å². The Bertz CT molecular complexity index is 780. The monoisotopic (exact) mass is 375 g/mol. The number of amides is 1. The molecule has 0 aliphatic carbocycles. The van der Waals surface area contributed by atoms with Gasteiger partial charge in [0.2, 0.25) is 0 Å². The third-order valence-electron chi connectivity index (χ3n) is 4.17. The molecular formula is C20H22ClNO4. The molecule has 138 valence electrons. The summed E-state index contributed by atoms with van der Waals surface area (Å²) in [6.45, 7) is 4.82. The van der Waals surface area contributed by atoms with Crippen molar-refractivity contribution >= 4 is 17.5 Å². The molecule has 1 N–H and O–H groups in total. The van der Waals surface area contributed by atoms with Crippen molar-refractivity contribution in [2.24, 2.45) is 0 Å². The second-order valence-electron chi connectivity index (χ2n) is 6.09. The second kappa shape index (κ2) is 8.32. The smallest absolute Gasteiger partial charge is 0.261 e. The standard InChI is InChI=1S/C20H22ClNO4/c1-3-17(14-7-8-18-19(11-14)25-10-9-24-18)22-20(23)13(2)26-16-6-4-5-15(21)12-16/h4-8,11-13,17H,3,9-10H2,1-2H3,(H,22,23). The molecule has 1 aliphatic heterocycles. The maximum absolute atomic E-state index is 12.5. The van der Waals surface area contributed by atoms with Gasteiger partial charge >= 0.3 is 0 Å². The van der Waals surface area contributed by atoms with E-state index in [2.05, 4.69) is 5.32 Å². The number of nitrogens with one attached hydrogen (secondary N) is 1. The number of hydrogen-bond donors (Lipinski definition) is 1. The lowest BCUT2D eigenvalue weighted by molar-refractivity contribution is -0.128. The average Bonchev–Trinajstić information content (AvgIpc) is 2.65. The number of benzene rings is 2. The number of carbonyl (C=O) groups is 1. The molecule has 0 bridgehead atoms. The van der Waals surface area contributed by atoms with Crippen LogP contribution in [0.25, 0.3) is 0 Å². The summed E-state index contributed by atoms with van der Waals surface area (Å²) >= 11 is 5.95. The van der Waals surface area contributed by atoms with E-state index in [4.69, 9.17) is 25.8 Å². The zero-order valence-corrected chi connectivity index (χ0v) is 15.6. The molecule has 1 amide bonds. The number of rotatable bonds is 6. The van der Waals surface area contributed by atoms with E-state index < -0.39 is 6.10 Å². The van der Waals surface area contributed by atoms with Crippen LogP contribution in [0.5, 0.6) is 17.2 Å². The van der Waals surface area contributed by atoms with Crippen molar-refractivity contribution in [2.45, 2.75) is 32.4 Å². The lowest BCUT2D eigenvalue weighted by atomic mass is 10.0. The first-order valence-corrected chi connectivity index (χ1v) is 9.06. The average molecular weight is 376 g/mol. The molecule has 26 heavy (non-hydrogen) atoms. The van der Waals surface area contributed by atoms with Crippen LogP contribution in [0, 0.1) is 0 Å². The quantitative estimate of drug-likeness (QED) is 0.824. The predicted molar refractivity (Wildman–Crippen MR) is 100 cm³/mol. The van der Waals surface area contributed by atoms with Gasteiger partial charge in [-0.15, -0.1) is 0 Å². The van der Waals surface area contributed by atoms with E-state index in [9.17, 15) is 4.79 Å². The van der Waals surface area contributed by atoms with Crippen LogP contribution >= 0.6 is 11.6 Å². The molecule has 2 aromatic rings. The molecule has 5 nitrogen and oxygen atoms in total. The third kappa shape index (κ3) is 4.41. The molecule has 0 spiro atoms. The van der Waals surface area contributed by atoms with Gasteiger partial charge in [-0.3, -0.25) is 4.79 Å². The molecule has 2 unspecified atom stereocenters. The topological polar surface area (TPSA) is 56.8 Å². The van der Waals surface area contributed by atoms with Crippen molar-refractivity contribution in [3.05, 3.63) is 53.1 Å². The summed E-state index contributed by atoms with van der Waals surface area (Å²) in [6.07, 6.45) is 0.106. The number of carbonyl (C=O) groups excluding carboxylic acids is 1. The Kier molecular flexibility index (Phi) is 5.89. The second-order valence-corrected chi connectivity index (χ2v) is 6.53. The van der Waals surface area contributed by atoms with E-state index in [1.165, 1.54) is 0 Å². The molecule has 2 atom stereocenters. The van der Waals surface area contributed by atoms with E-state index in [0.29, 0.717) is 29.7 Å². The molecule has 2 aromatic carbocycles. The summed E-state index contributed by atoms with van der Waals surface area (Å²) in [5.41, 5.74) is 0.972. The lowest BCUT2D eigenvalue weighted by Gasteiger charge is -2.23. The Morgan fingerprint density at radius 2 is 1.96 bits per heavy atom. The van der Waals surface area contributed by atoms with Gasteiger partial charge in [0.1, 0.15) is 19.0 Å². The van der Waals surface area contributed by atoms with Crippen LogP contribution in [0.4, 0.5) is 0 Å². The van der Waals surface area contributed by atoms with Crippen LogP contribution in [0.15, 0.2) is 42.5 Å². The van der Waals surface area contributed by atoms with Crippen molar-refractivity contribution in [1.82, 2.24) is 5.32 Å². The van der Waals surface area contributed by atoms with Gasteiger partial charge in [0.25, 0.3) is 5.91 Å². The Morgan fingerprint density at radius 3 is 2.69 bits per heavy atom. The molecule has 0 saturated carbocycles. The zero-order chi connectivity index (χ0) is 18.5. The third-order valence-corrected chi connectivity index (χ3v) is 4.41. The highest BCUT2D eigenvalue weighted by Gasteiger charge is 2.21. The van der Waals surface area contributed by atoms with E-state index in [1.807, 2.05) is 25.1 Å². The summed E-state index contributed by atoms with van der Waals surface area (Å²) in [4.78, 5) is 12.5. The summed E-state index contributed by atoms with van der Waals surface area (Å²) in [5.74, 6) is 1.82. The zero-order valence-electron chi connectivity index (χ0n) is 14.8. The molecule has 3 rings (SSSR count). The summed E-state index contributed by atoms with van der Waals surface area (Å²) in [6, 6.07) is 12.6. The predicted octanol–water partition coefficient (Wildman–Crippen LogP) is 4.15. The molecule has 0 radical (unpaired) electrons. The van der Waals surface area contributed by atoms with Gasteiger partial charge < -0.3 is 19.5 Å². The molecule has 1 heterocycles. The van der Waals surface area contributed by atoms with Crippen molar-refractivity contribution in [3.63, 3.8) is 0 Å². The maximum atomic E-state index is 12.5. The van der Waals surface area contributed by atoms with Crippen molar-refractivity contribution < 1.29 is 19.0 Å². The fourth-order valence-electron chi connectivity index (χ4n) is 2.78. The number of hydrogen-bond acceptors (Lipinski definition) is 4.